The quantitative estimate of drug-likeness (QED) is 0.691. The van der Waals surface area contributed by atoms with E-state index in [0.29, 0.717) is 33.6 Å². The summed E-state index contributed by atoms with van der Waals surface area (Å²) < 4.78 is 37.6. The highest BCUT2D eigenvalue weighted by Crippen LogP contribution is 2.41. The minimum absolute atomic E-state index is 0.0671. The summed E-state index contributed by atoms with van der Waals surface area (Å²) in [6.45, 7) is 3.69. The Balaban J connectivity index is 2.37. The Kier molecular flexibility index (Phi) is 5.12. The maximum absolute atomic E-state index is 12.8. The first-order chi connectivity index (χ1) is 13.2. The zero-order valence-electron chi connectivity index (χ0n) is 16.5. The monoisotopic (exact) mass is 401 g/mol. The standard InChI is InChI=1S/C21H23NO5S/c1-13-11-21(27-4)14(2)10-19(13)22(28(5,24)25)18-8-9-20(23)16-7-6-15(26-3)12-17(16)18/h6-12,23H,1-5H3. The average molecular weight is 401 g/mol. The van der Waals surface area contributed by atoms with Gasteiger partial charge in [-0.3, -0.25) is 0 Å². The van der Waals surface area contributed by atoms with Gasteiger partial charge in [-0.2, -0.15) is 0 Å². The van der Waals surface area contributed by atoms with Gasteiger partial charge in [-0.15, -0.1) is 0 Å². The van der Waals surface area contributed by atoms with E-state index in [9.17, 15) is 13.5 Å². The third-order valence-electron chi connectivity index (χ3n) is 4.66. The summed E-state index contributed by atoms with van der Waals surface area (Å²) >= 11 is 0. The number of fused-ring (bicyclic) bond motifs is 1. The van der Waals surface area contributed by atoms with Gasteiger partial charge in [-0.1, -0.05) is 0 Å². The third kappa shape index (κ3) is 3.45. The molecule has 0 heterocycles. The minimum atomic E-state index is -3.68. The number of hydrogen-bond acceptors (Lipinski definition) is 5. The molecule has 0 aliphatic carbocycles. The lowest BCUT2D eigenvalue weighted by molar-refractivity contribution is 0.411. The van der Waals surface area contributed by atoms with E-state index in [1.165, 1.54) is 17.5 Å². The van der Waals surface area contributed by atoms with Crippen molar-refractivity contribution in [2.75, 3.05) is 24.8 Å². The van der Waals surface area contributed by atoms with Gasteiger partial charge >= 0.3 is 0 Å². The second kappa shape index (κ2) is 7.24. The number of aryl methyl sites for hydroxylation is 2. The van der Waals surface area contributed by atoms with E-state index in [1.54, 1.807) is 37.4 Å². The SMILES string of the molecule is COc1ccc2c(O)ccc(N(c3cc(C)c(OC)cc3C)S(C)(=O)=O)c2c1. The van der Waals surface area contributed by atoms with Crippen LogP contribution in [0.4, 0.5) is 11.4 Å². The lowest BCUT2D eigenvalue weighted by atomic mass is 10.1. The van der Waals surface area contributed by atoms with Crippen molar-refractivity contribution < 1.29 is 23.0 Å². The van der Waals surface area contributed by atoms with Crippen molar-refractivity contribution in [2.45, 2.75) is 13.8 Å². The Morgan fingerprint density at radius 1 is 0.857 bits per heavy atom. The molecular formula is C21H23NO5S. The van der Waals surface area contributed by atoms with Crippen molar-refractivity contribution in [1.82, 2.24) is 0 Å². The highest BCUT2D eigenvalue weighted by atomic mass is 32.2. The van der Waals surface area contributed by atoms with Gasteiger partial charge in [0, 0.05) is 10.8 Å². The van der Waals surface area contributed by atoms with E-state index in [-0.39, 0.29) is 5.75 Å². The molecule has 0 radical (unpaired) electrons. The molecule has 0 aliphatic heterocycles. The van der Waals surface area contributed by atoms with E-state index < -0.39 is 10.0 Å². The van der Waals surface area contributed by atoms with Crippen LogP contribution >= 0.6 is 0 Å². The van der Waals surface area contributed by atoms with E-state index >= 15 is 0 Å². The zero-order chi connectivity index (χ0) is 20.6. The van der Waals surface area contributed by atoms with Crippen LogP contribution in [0.15, 0.2) is 42.5 Å². The number of aromatic hydroxyl groups is 1. The fourth-order valence-corrected chi connectivity index (χ4v) is 4.37. The predicted octanol–water partition coefficient (Wildman–Crippen LogP) is 4.28. The molecule has 0 amide bonds. The maximum atomic E-state index is 12.8. The topological polar surface area (TPSA) is 76.1 Å². The molecule has 3 rings (SSSR count). The van der Waals surface area contributed by atoms with Gasteiger partial charge in [-0.25, -0.2) is 12.7 Å². The number of benzene rings is 3. The first-order valence-electron chi connectivity index (χ1n) is 8.62. The Morgan fingerprint density at radius 3 is 2.18 bits per heavy atom. The molecule has 7 heteroatoms. The number of nitrogens with zero attached hydrogens (tertiary/aromatic N) is 1. The molecule has 28 heavy (non-hydrogen) atoms. The Morgan fingerprint density at radius 2 is 1.57 bits per heavy atom. The van der Waals surface area contributed by atoms with Crippen molar-refractivity contribution >= 4 is 32.2 Å². The summed E-state index contributed by atoms with van der Waals surface area (Å²) in [5, 5.41) is 11.4. The van der Waals surface area contributed by atoms with Gasteiger partial charge in [0.25, 0.3) is 0 Å². The van der Waals surface area contributed by atoms with E-state index in [4.69, 9.17) is 9.47 Å². The van der Waals surface area contributed by atoms with Gasteiger partial charge in [0.1, 0.15) is 17.2 Å². The molecule has 1 N–H and O–H groups in total. The maximum Gasteiger partial charge on any atom is 0.236 e. The van der Waals surface area contributed by atoms with Gasteiger partial charge in [0.2, 0.25) is 10.0 Å². The van der Waals surface area contributed by atoms with Crippen molar-refractivity contribution in [2.24, 2.45) is 0 Å². The molecule has 3 aromatic carbocycles. The fourth-order valence-electron chi connectivity index (χ4n) is 3.30. The van der Waals surface area contributed by atoms with E-state index in [0.717, 1.165) is 17.4 Å². The molecule has 0 saturated heterocycles. The minimum Gasteiger partial charge on any atom is -0.507 e. The van der Waals surface area contributed by atoms with Crippen molar-refractivity contribution in [3.63, 3.8) is 0 Å². The highest BCUT2D eigenvalue weighted by Gasteiger charge is 2.25. The van der Waals surface area contributed by atoms with Crippen LogP contribution in [0.5, 0.6) is 17.2 Å². The summed E-state index contributed by atoms with van der Waals surface area (Å²) in [5.74, 6) is 1.32. The van der Waals surface area contributed by atoms with Gasteiger partial charge in [-0.05, 0) is 67.4 Å². The fraction of sp³-hybridized carbons (Fsp3) is 0.238. The normalized spacial score (nSPS) is 11.5. The number of sulfonamides is 1. The highest BCUT2D eigenvalue weighted by molar-refractivity contribution is 7.92. The van der Waals surface area contributed by atoms with Crippen LogP contribution in [0.1, 0.15) is 11.1 Å². The number of hydrogen-bond donors (Lipinski definition) is 1. The molecule has 0 unspecified atom stereocenters. The molecule has 0 saturated carbocycles. The lowest BCUT2D eigenvalue weighted by Gasteiger charge is -2.27. The van der Waals surface area contributed by atoms with Crippen molar-refractivity contribution in [3.8, 4) is 17.2 Å². The average Bonchev–Trinajstić information content (AvgIpc) is 2.64. The number of anilines is 2. The summed E-state index contributed by atoms with van der Waals surface area (Å²) in [7, 11) is -0.568. The van der Waals surface area contributed by atoms with Crippen molar-refractivity contribution in [1.29, 1.82) is 0 Å². The molecule has 3 aromatic rings. The Labute approximate surface area is 165 Å². The van der Waals surface area contributed by atoms with Crippen LogP contribution in [0.2, 0.25) is 0 Å². The number of rotatable bonds is 5. The molecule has 0 fully saturated rings. The molecule has 6 nitrogen and oxygen atoms in total. The van der Waals surface area contributed by atoms with Crippen molar-refractivity contribution in [3.05, 3.63) is 53.6 Å². The van der Waals surface area contributed by atoms with Gasteiger partial charge in [0.15, 0.2) is 0 Å². The van der Waals surface area contributed by atoms with Crippen LogP contribution in [-0.4, -0.2) is 34.0 Å². The first-order valence-corrected chi connectivity index (χ1v) is 10.5. The predicted molar refractivity (Wildman–Crippen MR) is 112 cm³/mol. The molecule has 0 aliphatic rings. The summed E-state index contributed by atoms with van der Waals surface area (Å²) in [4.78, 5) is 0. The number of ether oxygens (including phenoxy) is 2. The number of phenolic OH excluding ortho intramolecular Hbond substituents is 1. The van der Waals surface area contributed by atoms with Crippen LogP contribution in [0.25, 0.3) is 10.8 Å². The summed E-state index contributed by atoms with van der Waals surface area (Å²) in [6, 6.07) is 11.8. The second-order valence-electron chi connectivity index (χ2n) is 6.65. The van der Waals surface area contributed by atoms with Crippen LogP contribution in [0, 0.1) is 13.8 Å². The number of methoxy groups -OCH3 is 2. The third-order valence-corrected chi connectivity index (χ3v) is 5.72. The Hall–Kier alpha value is -2.93. The smallest absolute Gasteiger partial charge is 0.236 e. The largest absolute Gasteiger partial charge is 0.507 e. The molecule has 0 bridgehead atoms. The Bertz CT molecular complexity index is 1160. The molecule has 0 atom stereocenters. The molecule has 0 spiro atoms. The van der Waals surface area contributed by atoms with E-state index in [2.05, 4.69) is 0 Å². The van der Waals surface area contributed by atoms with Crippen LogP contribution < -0.4 is 13.8 Å². The van der Waals surface area contributed by atoms with Gasteiger partial charge in [0.05, 0.1) is 31.9 Å². The summed E-state index contributed by atoms with van der Waals surface area (Å²) in [6.07, 6.45) is 1.16. The van der Waals surface area contributed by atoms with Crippen LogP contribution in [-0.2, 0) is 10.0 Å². The summed E-state index contributed by atoms with van der Waals surface area (Å²) in [5.41, 5.74) is 2.52. The second-order valence-corrected chi connectivity index (χ2v) is 8.48. The van der Waals surface area contributed by atoms with Gasteiger partial charge < -0.3 is 14.6 Å². The molecule has 0 aromatic heterocycles. The zero-order valence-corrected chi connectivity index (χ0v) is 17.3. The molecular weight excluding hydrogens is 378 g/mol. The van der Waals surface area contributed by atoms with Crippen LogP contribution in [0.3, 0.4) is 0 Å². The molecule has 148 valence electrons. The number of phenols is 1. The lowest BCUT2D eigenvalue weighted by Crippen LogP contribution is -2.25. The first kappa shape index (κ1) is 19.8. The van der Waals surface area contributed by atoms with E-state index in [1.807, 2.05) is 19.9 Å².